The number of rotatable bonds is 9. The zero-order chi connectivity index (χ0) is 33.8. The van der Waals surface area contributed by atoms with Crippen LogP contribution in [-0.4, -0.2) is 48.4 Å². The summed E-state index contributed by atoms with van der Waals surface area (Å²) in [4.78, 5) is 35.9. The molecule has 0 saturated carbocycles. The lowest BCUT2D eigenvalue weighted by atomic mass is 9.93. The number of carbonyl (C=O) groups excluding carboxylic acids is 2. The van der Waals surface area contributed by atoms with Gasteiger partial charge in [0, 0.05) is 24.7 Å². The first-order chi connectivity index (χ1) is 21.7. The number of methoxy groups -OCH3 is 1. The van der Waals surface area contributed by atoms with Crippen LogP contribution < -0.4 is 15.0 Å². The fourth-order valence-electron chi connectivity index (χ4n) is 5.23. The van der Waals surface area contributed by atoms with E-state index in [1.165, 1.54) is 24.3 Å². The summed E-state index contributed by atoms with van der Waals surface area (Å²) in [5, 5.41) is 3.22. The summed E-state index contributed by atoms with van der Waals surface area (Å²) in [6.45, 7) is 5.29. The quantitative estimate of drug-likeness (QED) is 0.186. The first-order valence-corrected chi connectivity index (χ1v) is 14.4. The molecule has 1 N–H and O–H groups in total. The minimum Gasteiger partial charge on any atom is -0.481 e. The third-order valence-corrected chi connectivity index (χ3v) is 7.32. The molecule has 248 valence electrons. The van der Waals surface area contributed by atoms with Gasteiger partial charge in [0.2, 0.25) is 5.88 Å². The molecule has 0 bridgehead atoms. The lowest BCUT2D eigenvalue weighted by molar-refractivity contribution is -0.143. The van der Waals surface area contributed by atoms with Gasteiger partial charge in [-0.25, -0.2) is 19.6 Å². The van der Waals surface area contributed by atoms with Crippen molar-refractivity contribution in [3.8, 4) is 5.88 Å². The van der Waals surface area contributed by atoms with Gasteiger partial charge in [-0.05, 0) is 68.1 Å². The average molecular weight is 655 g/mol. The zero-order valence-electron chi connectivity index (χ0n) is 25.4. The molecule has 2 aromatic heterocycles. The summed E-state index contributed by atoms with van der Waals surface area (Å²) < 4.78 is 97.3. The molecular weight excluding hydrogens is 622 g/mol. The van der Waals surface area contributed by atoms with Gasteiger partial charge in [-0.2, -0.15) is 26.3 Å². The highest BCUT2D eigenvalue weighted by atomic mass is 19.4. The number of anilines is 2. The zero-order valence-corrected chi connectivity index (χ0v) is 25.4. The number of hydrogen-bond donors (Lipinski definition) is 1. The molecule has 0 aliphatic carbocycles. The molecule has 3 heterocycles. The van der Waals surface area contributed by atoms with E-state index in [1.54, 1.807) is 26.0 Å². The standard InChI is InChI=1S/C31H32F6N4O5/c1-5-22-15-23(26-24(8-9-25(40-26)44-4)41(22)29(43)46-7-3)39-27-18(13-19(16-38-27)28(42)45-6-2)10-17-11-20(30(32,33)34)14-21(12-17)31(35,36)37/h8-9,11-14,16,22-23H,5-7,10,15H2,1-4H3,(H,38,39). The van der Waals surface area contributed by atoms with Crippen LogP contribution in [0.2, 0.25) is 0 Å². The van der Waals surface area contributed by atoms with Crippen LogP contribution in [0, 0.1) is 0 Å². The number of esters is 1. The van der Waals surface area contributed by atoms with Gasteiger partial charge in [0.1, 0.15) is 5.82 Å². The highest BCUT2D eigenvalue weighted by molar-refractivity contribution is 5.91. The smallest absolute Gasteiger partial charge is 0.416 e. The maximum absolute atomic E-state index is 13.6. The third kappa shape index (κ3) is 7.62. The van der Waals surface area contributed by atoms with E-state index >= 15 is 0 Å². The monoisotopic (exact) mass is 654 g/mol. The molecule has 0 spiro atoms. The van der Waals surface area contributed by atoms with Crippen molar-refractivity contribution >= 4 is 23.6 Å². The highest BCUT2D eigenvalue weighted by Crippen LogP contribution is 2.41. The Hall–Kier alpha value is -4.56. The van der Waals surface area contributed by atoms with E-state index in [0.29, 0.717) is 29.9 Å². The highest BCUT2D eigenvalue weighted by Gasteiger charge is 2.39. The molecule has 0 radical (unpaired) electrons. The van der Waals surface area contributed by atoms with Crippen molar-refractivity contribution in [2.24, 2.45) is 0 Å². The van der Waals surface area contributed by atoms with Crippen molar-refractivity contribution in [3.05, 3.63) is 76.1 Å². The molecule has 15 heteroatoms. The molecule has 0 saturated heterocycles. The molecule has 2 unspecified atom stereocenters. The number of hydrogen-bond acceptors (Lipinski definition) is 8. The minimum atomic E-state index is -5.04. The largest absolute Gasteiger partial charge is 0.481 e. The van der Waals surface area contributed by atoms with Crippen LogP contribution in [0.15, 0.2) is 42.6 Å². The third-order valence-electron chi connectivity index (χ3n) is 7.32. The number of pyridine rings is 2. The van der Waals surface area contributed by atoms with Gasteiger partial charge in [0.15, 0.2) is 0 Å². The molecule has 1 aromatic carbocycles. The molecule has 1 amide bonds. The van der Waals surface area contributed by atoms with Crippen LogP contribution in [0.3, 0.4) is 0 Å². The normalized spacial score (nSPS) is 16.4. The Bertz CT molecular complexity index is 1550. The number of nitrogens with zero attached hydrogens (tertiary/aromatic N) is 3. The van der Waals surface area contributed by atoms with Crippen LogP contribution in [0.5, 0.6) is 5.88 Å². The fraction of sp³-hybridized carbons (Fsp3) is 0.419. The van der Waals surface area contributed by atoms with E-state index in [-0.39, 0.29) is 60.1 Å². The van der Waals surface area contributed by atoms with E-state index in [0.717, 1.165) is 0 Å². The van der Waals surface area contributed by atoms with Crippen LogP contribution in [0.25, 0.3) is 0 Å². The number of amides is 1. The molecular formula is C31H32F6N4O5. The Morgan fingerprint density at radius 3 is 2.17 bits per heavy atom. The summed E-state index contributed by atoms with van der Waals surface area (Å²) in [6, 6.07) is 4.82. The molecule has 9 nitrogen and oxygen atoms in total. The van der Waals surface area contributed by atoms with Crippen LogP contribution in [0.4, 0.5) is 42.6 Å². The number of alkyl halides is 6. The fourth-order valence-corrected chi connectivity index (χ4v) is 5.23. The maximum Gasteiger partial charge on any atom is 0.416 e. The Morgan fingerprint density at radius 2 is 1.61 bits per heavy atom. The summed E-state index contributed by atoms with van der Waals surface area (Å²) in [5.74, 6) is -0.453. The number of ether oxygens (including phenoxy) is 3. The van der Waals surface area contributed by atoms with Gasteiger partial charge in [0.25, 0.3) is 0 Å². The minimum absolute atomic E-state index is 0.0263. The van der Waals surface area contributed by atoms with E-state index in [2.05, 4.69) is 15.3 Å². The van der Waals surface area contributed by atoms with Crippen molar-refractivity contribution < 1.29 is 50.1 Å². The second-order valence-corrected chi connectivity index (χ2v) is 10.4. The summed E-state index contributed by atoms with van der Waals surface area (Å²) in [5.41, 5.74) is -2.37. The van der Waals surface area contributed by atoms with Crippen LogP contribution in [0.1, 0.15) is 78.0 Å². The van der Waals surface area contributed by atoms with Gasteiger partial charge in [-0.3, -0.25) is 4.90 Å². The molecule has 1 aliphatic rings. The second-order valence-electron chi connectivity index (χ2n) is 10.4. The first-order valence-electron chi connectivity index (χ1n) is 14.4. The van der Waals surface area contributed by atoms with E-state index in [9.17, 15) is 35.9 Å². The lowest BCUT2D eigenvalue weighted by Crippen LogP contribution is -2.46. The summed E-state index contributed by atoms with van der Waals surface area (Å²) in [7, 11) is 1.41. The Balaban J connectivity index is 1.83. The lowest BCUT2D eigenvalue weighted by Gasteiger charge is -2.39. The molecule has 3 aromatic rings. The number of carbonyl (C=O) groups is 2. The molecule has 4 rings (SSSR count). The van der Waals surface area contributed by atoms with Crippen molar-refractivity contribution in [2.75, 3.05) is 30.5 Å². The van der Waals surface area contributed by atoms with Crippen molar-refractivity contribution in [2.45, 2.75) is 64.5 Å². The Morgan fingerprint density at radius 1 is 0.957 bits per heavy atom. The van der Waals surface area contributed by atoms with Crippen LogP contribution >= 0.6 is 0 Å². The average Bonchev–Trinajstić information content (AvgIpc) is 3.00. The summed E-state index contributed by atoms with van der Waals surface area (Å²) in [6.07, 6.45) is -9.13. The first kappa shape index (κ1) is 34.3. The molecule has 2 atom stereocenters. The molecule has 46 heavy (non-hydrogen) atoms. The van der Waals surface area contributed by atoms with Gasteiger partial charge in [-0.15, -0.1) is 0 Å². The Kier molecular flexibility index (Phi) is 10.3. The second kappa shape index (κ2) is 13.8. The van der Waals surface area contributed by atoms with Gasteiger partial charge in [-0.1, -0.05) is 6.92 Å². The molecule has 0 fully saturated rings. The van der Waals surface area contributed by atoms with E-state index < -0.39 is 48.0 Å². The SMILES string of the molecule is CCOC(=O)c1cnc(NC2CC(CC)N(C(=O)OCC)c3ccc(OC)nc32)c(Cc2cc(C(F)(F)F)cc(C(F)(F)F)c2)c1. The number of nitrogens with one attached hydrogen (secondary N) is 1. The van der Waals surface area contributed by atoms with Gasteiger partial charge >= 0.3 is 24.4 Å². The van der Waals surface area contributed by atoms with Crippen molar-refractivity contribution in [3.63, 3.8) is 0 Å². The van der Waals surface area contributed by atoms with Crippen molar-refractivity contribution in [1.82, 2.24) is 9.97 Å². The van der Waals surface area contributed by atoms with Crippen LogP contribution in [-0.2, 0) is 28.2 Å². The number of aromatic nitrogens is 2. The van der Waals surface area contributed by atoms with Crippen molar-refractivity contribution in [1.29, 1.82) is 0 Å². The predicted molar refractivity (Wildman–Crippen MR) is 155 cm³/mol. The van der Waals surface area contributed by atoms with E-state index in [1.807, 2.05) is 6.92 Å². The molecule has 1 aliphatic heterocycles. The maximum atomic E-state index is 13.6. The van der Waals surface area contributed by atoms with Gasteiger partial charge < -0.3 is 19.5 Å². The topological polar surface area (TPSA) is 103 Å². The number of fused-ring (bicyclic) bond motifs is 1. The number of benzene rings is 1. The van der Waals surface area contributed by atoms with E-state index in [4.69, 9.17) is 14.2 Å². The Labute approximate surface area is 260 Å². The van der Waals surface area contributed by atoms with Gasteiger partial charge in [0.05, 0.1) is 54.4 Å². The predicted octanol–water partition coefficient (Wildman–Crippen LogP) is 7.59. The number of halogens is 6. The summed E-state index contributed by atoms with van der Waals surface area (Å²) >= 11 is 0.